The van der Waals surface area contributed by atoms with Crippen LogP contribution in [-0.4, -0.2) is 53.7 Å². The molecular formula is C10H17N3O4. The standard InChI is InChI=1S/C10H17N3O4/c1-5-17-9(16)6-12(4)10(11)13(7(2)14)8(3)15/h11H,5-6H2,1-4H3. The summed E-state index contributed by atoms with van der Waals surface area (Å²) in [7, 11) is 1.43. The lowest BCUT2D eigenvalue weighted by Crippen LogP contribution is -2.48. The summed E-state index contributed by atoms with van der Waals surface area (Å²) >= 11 is 0. The molecule has 0 aromatic carbocycles. The maximum Gasteiger partial charge on any atom is 0.325 e. The fourth-order valence-electron chi connectivity index (χ4n) is 1.17. The molecule has 17 heavy (non-hydrogen) atoms. The molecule has 2 amide bonds. The lowest BCUT2D eigenvalue weighted by molar-refractivity contribution is -0.144. The van der Waals surface area contributed by atoms with Crippen molar-refractivity contribution < 1.29 is 19.1 Å². The van der Waals surface area contributed by atoms with Crippen LogP contribution in [0.4, 0.5) is 0 Å². The van der Waals surface area contributed by atoms with Crippen LogP contribution in [0.25, 0.3) is 0 Å². The summed E-state index contributed by atoms with van der Waals surface area (Å²) in [6.45, 7) is 4.07. The molecule has 0 aromatic rings. The molecule has 0 bridgehead atoms. The van der Waals surface area contributed by atoms with E-state index in [0.717, 1.165) is 0 Å². The van der Waals surface area contributed by atoms with E-state index in [1.807, 2.05) is 0 Å². The van der Waals surface area contributed by atoms with Crippen molar-refractivity contribution in [3.8, 4) is 0 Å². The van der Waals surface area contributed by atoms with E-state index < -0.39 is 17.8 Å². The van der Waals surface area contributed by atoms with Gasteiger partial charge in [0, 0.05) is 20.9 Å². The number of ether oxygens (including phenoxy) is 1. The normalized spacial score (nSPS) is 9.41. The van der Waals surface area contributed by atoms with Crippen LogP contribution in [-0.2, 0) is 19.1 Å². The zero-order valence-electron chi connectivity index (χ0n) is 10.4. The molecule has 1 N–H and O–H groups in total. The van der Waals surface area contributed by atoms with Gasteiger partial charge >= 0.3 is 5.97 Å². The van der Waals surface area contributed by atoms with Gasteiger partial charge < -0.3 is 9.64 Å². The van der Waals surface area contributed by atoms with Gasteiger partial charge in [0.15, 0.2) is 0 Å². The first kappa shape index (κ1) is 15.1. The second-order valence-corrected chi connectivity index (χ2v) is 3.36. The average molecular weight is 243 g/mol. The third kappa shape index (κ3) is 4.62. The first-order chi connectivity index (χ1) is 7.81. The first-order valence-corrected chi connectivity index (χ1v) is 5.07. The van der Waals surface area contributed by atoms with Crippen LogP contribution < -0.4 is 0 Å². The number of hydrogen-bond acceptors (Lipinski definition) is 5. The van der Waals surface area contributed by atoms with Gasteiger partial charge in [-0.3, -0.25) is 19.8 Å². The van der Waals surface area contributed by atoms with Crippen LogP contribution in [0.15, 0.2) is 0 Å². The molecule has 7 nitrogen and oxygen atoms in total. The van der Waals surface area contributed by atoms with Crippen molar-refractivity contribution in [2.45, 2.75) is 20.8 Å². The highest BCUT2D eigenvalue weighted by Crippen LogP contribution is 1.98. The second kappa shape index (κ2) is 6.62. The summed E-state index contributed by atoms with van der Waals surface area (Å²) in [6, 6.07) is 0. The molecule has 0 aromatic heterocycles. The number of carbonyl (C=O) groups excluding carboxylic acids is 3. The molecule has 96 valence electrons. The number of nitrogens with zero attached hydrogens (tertiary/aromatic N) is 2. The van der Waals surface area contributed by atoms with Crippen LogP contribution in [0.2, 0.25) is 0 Å². The molecule has 7 heteroatoms. The third-order valence-corrected chi connectivity index (χ3v) is 1.87. The Morgan fingerprint density at radius 3 is 2.00 bits per heavy atom. The quantitative estimate of drug-likeness (QED) is 0.421. The molecule has 0 aliphatic carbocycles. The van der Waals surface area contributed by atoms with Crippen molar-refractivity contribution in [2.75, 3.05) is 20.2 Å². The molecule has 0 atom stereocenters. The van der Waals surface area contributed by atoms with E-state index in [-0.39, 0.29) is 19.1 Å². The number of guanidine groups is 1. The maximum atomic E-state index is 11.2. The molecule has 0 saturated heterocycles. The molecule has 0 heterocycles. The summed E-state index contributed by atoms with van der Waals surface area (Å²) in [5.41, 5.74) is 0. The lowest BCUT2D eigenvalue weighted by atomic mass is 10.4. The van der Waals surface area contributed by atoms with Crippen LogP contribution in [0.1, 0.15) is 20.8 Å². The summed E-state index contributed by atoms with van der Waals surface area (Å²) in [6.07, 6.45) is 0. The van der Waals surface area contributed by atoms with Crippen LogP contribution in [0.5, 0.6) is 0 Å². The molecule has 0 aliphatic heterocycles. The van der Waals surface area contributed by atoms with Gasteiger partial charge in [-0.2, -0.15) is 0 Å². The monoisotopic (exact) mass is 243 g/mol. The molecule has 0 fully saturated rings. The van der Waals surface area contributed by atoms with E-state index in [1.54, 1.807) is 6.92 Å². The SMILES string of the molecule is CCOC(=O)CN(C)C(=N)N(C(C)=O)C(C)=O. The number of hydrogen-bond donors (Lipinski definition) is 1. The minimum Gasteiger partial charge on any atom is -0.465 e. The summed E-state index contributed by atoms with van der Waals surface area (Å²) in [5.74, 6) is -2.01. The predicted molar refractivity (Wildman–Crippen MR) is 60.2 cm³/mol. The number of imide groups is 1. The molecular weight excluding hydrogens is 226 g/mol. The third-order valence-electron chi connectivity index (χ3n) is 1.87. The number of carbonyl (C=O) groups is 3. The largest absolute Gasteiger partial charge is 0.465 e. The van der Waals surface area contributed by atoms with E-state index in [2.05, 4.69) is 0 Å². The van der Waals surface area contributed by atoms with Crippen molar-refractivity contribution in [1.82, 2.24) is 9.80 Å². The van der Waals surface area contributed by atoms with E-state index in [4.69, 9.17) is 10.1 Å². The maximum absolute atomic E-state index is 11.2. The topological polar surface area (TPSA) is 90.8 Å². The zero-order valence-corrected chi connectivity index (χ0v) is 10.4. The van der Waals surface area contributed by atoms with Gasteiger partial charge in [0.05, 0.1) is 6.61 Å². The summed E-state index contributed by atoms with van der Waals surface area (Å²) in [5, 5.41) is 7.64. The van der Waals surface area contributed by atoms with Crippen molar-refractivity contribution in [3.63, 3.8) is 0 Å². The first-order valence-electron chi connectivity index (χ1n) is 5.07. The summed E-state index contributed by atoms with van der Waals surface area (Å²) in [4.78, 5) is 35.3. The second-order valence-electron chi connectivity index (χ2n) is 3.36. The number of rotatable bonds is 3. The van der Waals surface area contributed by atoms with Crippen molar-refractivity contribution in [2.24, 2.45) is 0 Å². The Labute approximate surface area is 99.8 Å². The molecule has 0 unspecified atom stereocenters. The minimum absolute atomic E-state index is 0.191. The highest BCUT2D eigenvalue weighted by molar-refractivity contribution is 6.09. The Morgan fingerprint density at radius 1 is 1.18 bits per heavy atom. The molecule has 0 spiro atoms. The van der Waals surface area contributed by atoms with Crippen molar-refractivity contribution >= 4 is 23.7 Å². The fourth-order valence-corrected chi connectivity index (χ4v) is 1.17. The number of amides is 2. The van der Waals surface area contributed by atoms with Crippen LogP contribution in [0, 0.1) is 5.41 Å². The van der Waals surface area contributed by atoms with E-state index in [9.17, 15) is 14.4 Å². The number of nitrogens with one attached hydrogen (secondary N) is 1. The van der Waals surface area contributed by atoms with Gasteiger partial charge in [-0.05, 0) is 6.92 Å². The molecule has 0 radical (unpaired) electrons. The molecule has 0 saturated carbocycles. The summed E-state index contributed by atoms with van der Waals surface area (Å²) < 4.78 is 4.70. The lowest BCUT2D eigenvalue weighted by Gasteiger charge is -2.25. The average Bonchev–Trinajstić information content (AvgIpc) is 2.16. The Balaban J connectivity index is 4.62. The molecule has 0 rings (SSSR count). The van der Waals surface area contributed by atoms with Gasteiger partial charge in [0.2, 0.25) is 17.8 Å². The van der Waals surface area contributed by atoms with Gasteiger partial charge in [-0.25, -0.2) is 4.90 Å². The zero-order chi connectivity index (χ0) is 13.6. The Bertz CT molecular complexity index is 326. The molecule has 0 aliphatic rings. The van der Waals surface area contributed by atoms with E-state index >= 15 is 0 Å². The number of esters is 1. The Kier molecular flexibility index (Phi) is 5.87. The van der Waals surface area contributed by atoms with E-state index in [0.29, 0.717) is 4.90 Å². The van der Waals surface area contributed by atoms with Gasteiger partial charge in [-0.15, -0.1) is 0 Å². The van der Waals surface area contributed by atoms with Crippen molar-refractivity contribution in [3.05, 3.63) is 0 Å². The van der Waals surface area contributed by atoms with Crippen LogP contribution in [0.3, 0.4) is 0 Å². The minimum atomic E-state index is -0.571. The number of likely N-dealkylation sites (N-methyl/N-ethyl adjacent to an activating group) is 1. The Morgan fingerprint density at radius 2 is 1.65 bits per heavy atom. The highest BCUT2D eigenvalue weighted by atomic mass is 16.5. The van der Waals surface area contributed by atoms with E-state index in [1.165, 1.54) is 25.8 Å². The highest BCUT2D eigenvalue weighted by Gasteiger charge is 2.23. The van der Waals surface area contributed by atoms with Crippen LogP contribution >= 0.6 is 0 Å². The Hall–Kier alpha value is -1.92. The van der Waals surface area contributed by atoms with Crippen molar-refractivity contribution in [1.29, 1.82) is 5.41 Å². The predicted octanol–water partition coefficient (Wildman–Crippen LogP) is -0.189. The van der Waals surface area contributed by atoms with Gasteiger partial charge in [0.25, 0.3) is 0 Å². The fraction of sp³-hybridized carbons (Fsp3) is 0.600. The van der Waals surface area contributed by atoms with Gasteiger partial charge in [0.1, 0.15) is 6.54 Å². The van der Waals surface area contributed by atoms with Gasteiger partial charge in [-0.1, -0.05) is 0 Å². The smallest absolute Gasteiger partial charge is 0.325 e.